The molecule has 2 saturated carbocycles. The van der Waals surface area contributed by atoms with Crippen LogP contribution in [0.25, 0.3) is 0 Å². The van der Waals surface area contributed by atoms with E-state index in [-0.39, 0.29) is 5.91 Å². The third-order valence-electron chi connectivity index (χ3n) is 5.96. The molecular formula is C21H26N2OS. The largest absolute Gasteiger partial charge is 0.353 e. The molecule has 4 atom stereocenters. The van der Waals surface area contributed by atoms with E-state index in [1.54, 1.807) is 11.3 Å². The van der Waals surface area contributed by atoms with Crippen molar-refractivity contribution in [3.8, 4) is 0 Å². The summed E-state index contributed by atoms with van der Waals surface area (Å²) in [6.07, 6.45) is 6.71. The second-order valence-corrected chi connectivity index (χ2v) is 8.71. The third kappa shape index (κ3) is 3.95. The van der Waals surface area contributed by atoms with Gasteiger partial charge in [0.15, 0.2) is 0 Å². The van der Waals surface area contributed by atoms with Crippen molar-refractivity contribution in [2.75, 3.05) is 0 Å². The zero-order valence-electron chi connectivity index (χ0n) is 14.8. The minimum Gasteiger partial charge on any atom is -0.353 e. The molecule has 1 N–H and O–H groups in total. The Hall–Kier alpha value is -1.68. The Labute approximate surface area is 153 Å². The fraction of sp³-hybridized carbons (Fsp3) is 0.524. The van der Waals surface area contributed by atoms with Crippen LogP contribution in [0.5, 0.6) is 0 Å². The van der Waals surface area contributed by atoms with Crippen molar-refractivity contribution in [3.63, 3.8) is 0 Å². The summed E-state index contributed by atoms with van der Waals surface area (Å²) in [7, 11) is 0. The fourth-order valence-corrected chi connectivity index (χ4v) is 5.59. The van der Waals surface area contributed by atoms with Gasteiger partial charge in [-0.3, -0.25) is 4.79 Å². The molecule has 132 valence electrons. The van der Waals surface area contributed by atoms with Gasteiger partial charge in [-0.2, -0.15) is 0 Å². The summed E-state index contributed by atoms with van der Waals surface area (Å²) in [5, 5.41) is 6.35. The summed E-state index contributed by atoms with van der Waals surface area (Å²) in [5.41, 5.74) is 2.16. The average molecular weight is 355 g/mol. The Balaban J connectivity index is 1.29. The molecule has 0 saturated heterocycles. The molecule has 1 amide bonds. The lowest BCUT2D eigenvalue weighted by Crippen LogP contribution is -2.40. The van der Waals surface area contributed by atoms with E-state index < -0.39 is 0 Å². The van der Waals surface area contributed by atoms with E-state index in [4.69, 9.17) is 0 Å². The van der Waals surface area contributed by atoms with E-state index in [2.05, 4.69) is 29.4 Å². The minimum atomic E-state index is 0.117. The van der Waals surface area contributed by atoms with Crippen molar-refractivity contribution in [1.29, 1.82) is 0 Å². The van der Waals surface area contributed by atoms with Gasteiger partial charge in [0.05, 0.1) is 17.1 Å². The summed E-state index contributed by atoms with van der Waals surface area (Å²) >= 11 is 1.65. The second kappa shape index (κ2) is 7.28. The third-order valence-corrected chi connectivity index (χ3v) is 6.86. The number of aromatic nitrogens is 1. The first-order valence-corrected chi connectivity index (χ1v) is 10.3. The molecule has 2 aliphatic carbocycles. The van der Waals surface area contributed by atoms with Crippen LogP contribution in [-0.4, -0.2) is 16.9 Å². The molecule has 2 aromatic rings. The van der Waals surface area contributed by atoms with Crippen LogP contribution >= 0.6 is 11.3 Å². The van der Waals surface area contributed by atoms with Crippen LogP contribution in [0.4, 0.5) is 0 Å². The number of nitrogens with one attached hydrogen (secondary N) is 1. The van der Waals surface area contributed by atoms with E-state index in [0.717, 1.165) is 29.0 Å². The molecule has 1 aromatic carbocycles. The van der Waals surface area contributed by atoms with Gasteiger partial charge in [-0.1, -0.05) is 36.8 Å². The van der Waals surface area contributed by atoms with Gasteiger partial charge in [0.1, 0.15) is 0 Å². The number of rotatable bonds is 6. The molecule has 4 heteroatoms. The van der Waals surface area contributed by atoms with E-state index in [0.29, 0.717) is 18.4 Å². The maximum Gasteiger partial charge on any atom is 0.226 e. The summed E-state index contributed by atoms with van der Waals surface area (Å²) in [6.45, 7) is 2.19. The smallest absolute Gasteiger partial charge is 0.226 e. The Morgan fingerprint density at radius 3 is 2.84 bits per heavy atom. The number of fused-ring (bicyclic) bond motifs is 2. The summed E-state index contributed by atoms with van der Waals surface area (Å²) < 4.78 is 0. The van der Waals surface area contributed by atoms with Crippen molar-refractivity contribution >= 4 is 17.2 Å². The van der Waals surface area contributed by atoms with Gasteiger partial charge in [0.25, 0.3) is 0 Å². The zero-order valence-corrected chi connectivity index (χ0v) is 15.6. The van der Waals surface area contributed by atoms with Gasteiger partial charge in [0, 0.05) is 17.8 Å². The number of nitrogens with zero attached hydrogens (tertiary/aromatic N) is 1. The van der Waals surface area contributed by atoms with E-state index in [1.165, 1.54) is 31.2 Å². The second-order valence-electron chi connectivity index (χ2n) is 7.77. The first-order valence-electron chi connectivity index (χ1n) is 9.44. The SMILES string of the molecule is C[C@H](NC(=O)Cc1csc(Cc2ccccc2)n1)[C@H]1C[C@H]2CC[C@H]1C2. The summed E-state index contributed by atoms with van der Waals surface area (Å²) in [5.74, 6) is 2.57. The lowest BCUT2D eigenvalue weighted by molar-refractivity contribution is -0.121. The van der Waals surface area contributed by atoms with Crippen LogP contribution in [0.15, 0.2) is 35.7 Å². The fourth-order valence-electron chi connectivity index (χ4n) is 4.76. The van der Waals surface area contributed by atoms with Gasteiger partial charge in [0.2, 0.25) is 5.91 Å². The molecule has 0 aliphatic heterocycles. The quantitative estimate of drug-likeness (QED) is 0.844. The maximum absolute atomic E-state index is 12.4. The number of carbonyl (C=O) groups excluding carboxylic acids is 1. The van der Waals surface area contributed by atoms with E-state index >= 15 is 0 Å². The standard InChI is InChI=1S/C21H26N2OS/c1-14(19-10-16-7-8-17(19)9-16)22-20(24)12-18-13-25-21(23-18)11-15-5-3-2-4-6-15/h2-6,13-14,16-17,19H,7-12H2,1H3,(H,22,24)/t14-,16-,17-,19+/m0/s1. The number of hydrogen-bond donors (Lipinski definition) is 1. The van der Waals surface area contributed by atoms with Crippen LogP contribution in [-0.2, 0) is 17.6 Å². The first-order chi connectivity index (χ1) is 12.2. The maximum atomic E-state index is 12.4. The normalized spacial score (nSPS) is 25.9. The Bertz CT molecular complexity index is 727. The topological polar surface area (TPSA) is 42.0 Å². The molecule has 0 unspecified atom stereocenters. The van der Waals surface area contributed by atoms with Gasteiger partial charge in [-0.15, -0.1) is 11.3 Å². The van der Waals surface area contributed by atoms with Gasteiger partial charge < -0.3 is 5.32 Å². The average Bonchev–Trinajstić information content (AvgIpc) is 3.33. The van der Waals surface area contributed by atoms with Crippen LogP contribution in [0.2, 0.25) is 0 Å². The highest BCUT2D eigenvalue weighted by molar-refractivity contribution is 7.09. The predicted octanol–water partition coefficient (Wildman–Crippen LogP) is 4.22. The predicted molar refractivity (Wildman–Crippen MR) is 102 cm³/mol. The highest BCUT2D eigenvalue weighted by Gasteiger charge is 2.42. The summed E-state index contributed by atoms with van der Waals surface area (Å²) in [6, 6.07) is 10.7. The molecule has 2 aliphatic rings. The van der Waals surface area contributed by atoms with E-state index in [1.807, 2.05) is 23.6 Å². The number of benzene rings is 1. The van der Waals surface area contributed by atoms with Crippen molar-refractivity contribution in [3.05, 3.63) is 52.0 Å². The number of hydrogen-bond acceptors (Lipinski definition) is 3. The summed E-state index contributed by atoms with van der Waals surface area (Å²) in [4.78, 5) is 17.1. The highest BCUT2D eigenvalue weighted by Crippen LogP contribution is 2.49. The molecular weight excluding hydrogens is 328 g/mol. The van der Waals surface area contributed by atoms with Crippen LogP contribution < -0.4 is 5.32 Å². The van der Waals surface area contributed by atoms with Crippen molar-refractivity contribution < 1.29 is 4.79 Å². The van der Waals surface area contributed by atoms with Gasteiger partial charge in [-0.05, 0) is 49.5 Å². The lowest BCUT2D eigenvalue weighted by Gasteiger charge is -2.28. The Kier molecular flexibility index (Phi) is 4.89. The van der Waals surface area contributed by atoms with Crippen LogP contribution in [0, 0.1) is 17.8 Å². The molecule has 1 heterocycles. The molecule has 4 rings (SSSR count). The molecule has 0 radical (unpaired) electrons. The van der Waals surface area contributed by atoms with Crippen molar-refractivity contribution in [2.24, 2.45) is 17.8 Å². The molecule has 1 aromatic heterocycles. The molecule has 3 nitrogen and oxygen atoms in total. The number of amides is 1. The number of thiazole rings is 1. The lowest BCUT2D eigenvalue weighted by atomic mass is 9.84. The van der Waals surface area contributed by atoms with Crippen LogP contribution in [0.3, 0.4) is 0 Å². The Morgan fingerprint density at radius 1 is 1.28 bits per heavy atom. The number of carbonyl (C=O) groups is 1. The monoisotopic (exact) mass is 354 g/mol. The molecule has 2 fully saturated rings. The van der Waals surface area contributed by atoms with Crippen LogP contribution in [0.1, 0.15) is 48.9 Å². The molecule has 0 spiro atoms. The van der Waals surface area contributed by atoms with Gasteiger partial charge >= 0.3 is 0 Å². The van der Waals surface area contributed by atoms with Gasteiger partial charge in [-0.25, -0.2) is 4.98 Å². The first kappa shape index (κ1) is 16.8. The van der Waals surface area contributed by atoms with Crippen molar-refractivity contribution in [1.82, 2.24) is 10.3 Å². The zero-order chi connectivity index (χ0) is 17.2. The van der Waals surface area contributed by atoms with Crippen molar-refractivity contribution in [2.45, 2.75) is 51.5 Å². The Morgan fingerprint density at radius 2 is 2.12 bits per heavy atom. The molecule has 2 bridgehead atoms. The highest BCUT2D eigenvalue weighted by atomic mass is 32.1. The van der Waals surface area contributed by atoms with E-state index in [9.17, 15) is 4.79 Å². The minimum absolute atomic E-state index is 0.117. The molecule has 25 heavy (non-hydrogen) atoms.